The lowest BCUT2D eigenvalue weighted by atomic mass is 9.93. The van der Waals surface area contributed by atoms with Gasteiger partial charge in [-0.3, -0.25) is 41.2 Å². The number of nitro groups is 3. The molecule has 1 fully saturated rings. The summed E-state index contributed by atoms with van der Waals surface area (Å²) < 4.78 is 5.44. The van der Waals surface area contributed by atoms with Gasteiger partial charge in [0.25, 0.3) is 11.4 Å². The number of hydrogen-bond acceptors (Lipinski definition) is 10. The van der Waals surface area contributed by atoms with Crippen LogP contribution in [0.15, 0.2) is 42.5 Å². The van der Waals surface area contributed by atoms with Crippen molar-refractivity contribution >= 4 is 34.7 Å². The molecular formula is C20H20N6O9. The highest BCUT2D eigenvalue weighted by atomic mass is 16.6. The Bertz CT molecular complexity index is 1150. The number of esters is 1. The third kappa shape index (κ3) is 6.59. The number of non-ortho nitro benzene ring substituents is 2. The number of nitro benzene ring substituents is 3. The number of anilines is 1. The normalized spacial score (nSPS) is 17.0. The Balaban J connectivity index is 1.45. The Kier molecular flexibility index (Phi) is 7.70. The molecule has 15 heteroatoms. The van der Waals surface area contributed by atoms with E-state index in [0.29, 0.717) is 25.7 Å². The van der Waals surface area contributed by atoms with Crippen LogP contribution in [-0.2, 0) is 4.74 Å². The second-order valence-electron chi connectivity index (χ2n) is 7.62. The second-order valence-corrected chi connectivity index (χ2v) is 7.62. The summed E-state index contributed by atoms with van der Waals surface area (Å²) in [5.74, 6) is -0.594. The third-order valence-corrected chi connectivity index (χ3v) is 5.30. The Morgan fingerprint density at radius 2 is 1.43 bits per heavy atom. The molecule has 0 aliphatic heterocycles. The van der Waals surface area contributed by atoms with Crippen molar-refractivity contribution in [2.45, 2.75) is 37.8 Å². The fourth-order valence-corrected chi connectivity index (χ4v) is 3.50. The number of carbonyl (C=O) groups is 2. The van der Waals surface area contributed by atoms with Crippen LogP contribution in [0.5, 0.6) is 0 Å². The first-order chi connectivity index (χ1) is 16.6. The van der Waals surface area contributed by atoms with E-state index in [1.807, 2.05) is 0 Å². The van der Waals surface area contributed by atoms with E-state index >= 15 is 0 Å². The predicted molar refractivity (Wildman–Crippen MR) is 120 cm³/mol. The van der Waals surface area contributed by atoms with Crippen molar-refractivity contribution in [1.82, 2.24) is 10.7 Å². The highest BCUT2D eigenvalue weighted by Gasteiger charge is 2.26. The lowest BCUT2D eigenvalue weighted by Crippen LogP contribution is -2.46. The van der Waals surface area contributed by atoms with Crippen molar-refractivity contribution in [2.24, 2.45) is 0 Å². The van der Waals surface area contributed by atoms with Gasteiger partial charge in [-0.2, -0.15) is 0 Å². The van der Waals surface area contributed by atoms with Gasteiger partial charge in [0.2, 0.25) is 0 Å². The average Bonchev–Trinajstić information content (AvgIpc) is 2.83. The van der Waals surface area contributed by atoms with Crippen molar-refractivity contribution in [1.29, 1.82) is 0 Å². The summed E-state index contributed by atoms with van der Waals surface area (Å²) in [6.07, 6.45) is 1.59. The average molecular weight is 488 g/mol. The van der Waals surface area contributed by atoms with Crippen LogP contribution in [0.1, 0.15) is 36.0 Å². The third-order valence-electron chi connectivity index (χ3n) is 5.30. The van der Waals surface area contributed by atoms with Crippen molar-refractivity contribution in [3.63, 3.8) is 0 Å². The Hall–Kier alpha value is -4.82. The molecule has 35 heavy (non-hydrogen) atoms. The highest BCUT2D eigenvalue weighted by molar-refractivity contribution is 5.89. The van der Waals surface area contributed by atoms with Crippen LogP contribution in [-0.4, -0.2) is 38.9 Å². The van der Waals surface area contributed by atoms with E-state index in [2.05, 4.69) is 16.2 Å². The first-order valence-corrected chi connectivity index (χ1v) is 10.3. The predicted octanol–water partition coefficient (Wildman–Crippen LogP) is 3.21. The fraction of sp³-hybridized carbons (Fsp3) is 0.300. The molecule has 2 aromatic rings. The van der Waals surface area contributed by atoms with Crippen LogP contribution in [0.3, 0.4) is 0 Å². The topological polar surface area (TPSA) is 209 Å². The summed E-state index contributed by atoms with van der Waals surface area (Å²) in [4.78, 5) is 54.9. The number of carbonyl (C=O) groups excluding carboxylic acids is 2. The van der Waals surface area contributed by atoms with Crippen molar-refractivity contribution in [3.8, 4) is 0 Å². The summed E-state index contributed by atoms with van der Waals surface area (Å²) >= 11 is 0. The van der Waals surface area contributed by atoms with Crippen LogP contribution in [0.25, 0.3) is 0 Å². The minimum absolute atomic E-state index is 0.127. The van der Waals surface area contributed by atoms with Gasteiger partial charge in [-0.1, -0.05) is 0 Å². The van der Waals surface area contributed by atoms with E-state index in [0.717, 1.165) is 18.2 Å². The summed E-state index contributed by atoms with van der Waals surface area (Å²) in [7, 11) is 0. The van der Waals surface area contributed by atoms with Gasteiger partial charge < -0.3 is 10.1 Å². The van der Waals surface area contributed by atoms with Gasteiger partial charge in [0.1, 0.15) is 11.8 Å². The van der Waals surface area contributed by atoms with Crippen LogP contribution in [0, 0.1) is 30.3 Å². The van der Waals surface area contributed by atoms with Gasteiger partial charge in [0.05, 0.1) is 26.4 Å². The SMILES string of the molecule is O=C(NNc1ccc([N+](=O)[O-])cc1[N+](=O)[O-])NC1CCC(OC(=O)c2ccc([N+](=O)[O-])cc2)CC1. The molecule has 3 N–H and O–H groups in total. The molecule has 2 amide bonds. The molecule has 1 aliphatic rings. The van der Waals surface area contributed by atoms with Crippen molar-refractivity contribution in [3.05, 3.63) is 78.4 Å². The van der Waals surface area contributed by atoms with E-state index in [1.165, 1.54) is 24.3 Å². The van der Waals surface area contributed by atoms with E-state index in [9.17, 15) is 39.9 Å². The number of hydrazine groups is 1. The Labute approximate surface area is 196 Å². The Morgan fingerprint density at radius 3 is 2.00 bits per heavy atom. The molecule has 1 saturated carbocycles. The van der Waals surface area contributed by atoms with Crippen LogP contribution >= 0.6 is 0 Å². The summed E-state index contributed by atoms with van der Waals surface area (Å²) in [6, 6.07) is 7.13. The standard InChI is InChI=1S/C20H20N6O9/c27-19(12-1-5-14(6-2-12)24(29)30)35-16-8-3-13(4-9-16)21-20(28)23-22-17-10-7-15(25(31)32)11-18(17)26(33)34/h1-2,5-7,10-11,13,16,22H,3-4,8-9H2,(H2,21,23,28). The van der Waals surface area contributed by atoms with E-state index in [1.54, 1.807) is 0 Å². The maximum absolute atomic E-state index is 12.2. The molecule has 0 bridgehead atoms. The Morgan fingerprint density at radius 1 is 0.829 bits per heavy atom. The van der Waals surface area contributed by atoms with E-state index in [4.69, 9.17) is 4.74 Å². The van der Waals surface area contributed by atoms with E-state index < -0.39 is 38.1 Å². The maximum atomic E-state index is 12.2. The van der Waals surface area contributed by atoms with Gasteiger partial charge in [-0.15, -0.1) is 0 Å². The van der Waals surface area contributed by atoms with Crippen molar-refractivity contribution in [2.75, 3.05) is 5.43 Å². The summed E-state index contributed by atoms with van der Waals surface area (Å²) in [6.45, 7) is 0. The molecule has 15 nitrogen and oxygen atoms in total. The molecule has 184 valence electrons. The zero-order valence-corrected chi connectivity index (χ0v) is 18.0. The molecule has 0 spiro atoms. The van der Waals surface area contributed by atoms with Gasteiger partial charge >= 0.3 is 17.7 Å². The molecule has 0 unspecified atom stereocenters. The van der Waals surface area contributed by atoms with Crippen LogP contribution in [0.4, 0.5) is 27.5 Å². The smallest absolute Gasteiger partial charge is 0.338 e. The minimum atomic E-state index is -0.811. The van der Waals surface area contributed by atoms with E-state index in [-0.39, 0.29) is 29.1 Å². The number of rotatable bonds is 8. The zero-order valence-electron chi connectivity index (χ0n) is 18.0. The molecule has 0 atom stereocenters. The molecule has 0 heterocycles. The second kappa shape index (κ2) is 10.9. The fourth-order valence-electron chi connectivity index (χ4n) is 3.50. The van der Waals surface area contributed by atoms with Gasteiger partial charge in [0.15, 0.2) is 0 Å². The highest BCUT2D eigenvalue weighted by Crippen LogP contribution is 2.28. The molecule has 0 aromatic heterocycles. The summed E-state index contributed by atoms with van der Waals surface area (Å²) in [5.41, 5.74) is 3.54. The lowest BCUT2D eigenvalue weighted by Gasteiger charge is -2.29. The zero-order chi connectivity index (χ0) is 25.5. The molecular weight excluding hydrogens is 468 g/mol. The number of amides is 2. The number of hydrogen-bond donors (Lipinski definition) is 3. The van der Waals surface area contributed by atoms with Crippen molar-refractivity contribution < 1.29 is 29.1 Å². The summed E-state index contributed by atoms with van der Waals surface area (Å²) in [5, 5.41) is 35.3. The van der Waals surface area contributed by atoms with Gasteiger partial charge in [0, 0.05) is 24.2 Å². The number of ether oxygens (including phenoxy) is 1. The van der Waals surface area contributed by atoms with Gasteiger partial charge in [-0.25, -0.2) is 9.59 Å². The van der Waals surface area contributed by atoms with Gasteiger partial charge in [-0.05, 0) is 43.9 Å². The van der Waals surface area contributed by atoms with Crippen LogP contribution < -0.4 is 16.2 Å². The molecule has 2 aromatic carbocycles. The monoisotopic (exact) mass is 488 g/mol. The molecule has 0 saturated heterocycles. The lowest BCUT2D eigenvalue weighted by molar-refractivity contribution is -0.393. The first kappa shape index (κ1) is 24.8. The number of nitrogens with zero attached hydrogens (tertiary/aromatic N) is 3. The minimum Gasteiger partial charge on any atom is -0.459 e. The number of benzene rings is 2. The first-order valence-electron chi connectivity index (χ1n) is 10.3. The quantitative estimate of drug-likeness (QED) is 0.280. The number of urea groups is 1. The maximum Gasteiger partial charge on any atom is 0.338 e. The van der Waals surface area contributed by atoms with Crippen LogP contribution in [0.2, 0.25) is 0 Å². The molecule has 1 aliphatic carbocycles. The molecule has 0 radical (unpaired) electrons. The number of nitrogens with one attached hydrogen (secondary N) is 3. The molecule has 3 rings (SSSR count). The largest absolute Gasteiger partial charge is 0.459 e.